The van der Waals surface area contributed by atoms with Crippen LogP contribution < -0.4 is 10.6 Å². The Balaban J connectivity index is 0.00000192. The topological polar surface area (TPSA) is 44.4 Å². The van der Waals surface area contributed by atoms with Crippen LogP contribution in [-0.2, 0) is 4.79 Å². The van der Waals surface area contributed by atoms with Gasteiger partial charge in [0.2, 0.25) is 5.91 Å². The molecule has 2 N–H and O–H groups in total. The predicted octanol–water partition coefficient (Wildman–Crippen LogP) is 2.36. The van der Waals surface area contributed by atoms with Crippen molar-refractivity contribution in [2.24, 2.45) is 5.92 Å². The van der Waals surface area contributed by atoms with E-state index in [1.807, 2.05) is 6.07 Å². The Kier molecular flexibility index (Phi) is 7.34. The molecule has 1 amide bonds. The molecule has 0 spiro atoms. The summed E-state index contributed by atoms with van der Waals surface area (Å²) in [7, 11) is 0. The van der Waals surface area contributed by atoms with Crippen LogP contribution in [0.2, 0.25) is 0 Å². The second-order valence-corrected chi connectivity index (χ2v) is 6.50. The van der Waals surface area contributed by atoms with Gasteiger partial charge < -0.3 is 15.5 Å². The molecule has 2 heterocycles. The van der Waals surface area contributed by atoms with Gasteiger partial charge in [-0.3, -0.25) is 4.79 Å². The van der Waals surface area contributed by atoms with Crippen molar-refractivity contribution < 1.29 is 4.79 Å². The van der Waals surface area contributed by atoms with Crippen molar-refractivity contribution in [2.45, 2.75) is 31.7 Å². The molecular weight excluding hydrogens is 310 g/mol. The Morgan fingerprint density at radius 2 is 1.83 bits per heavy atom. The molecule has 5 heteroatoms. The average Bonchev–Trinajstić information content (AvgIpc) is 3.09. The van der Waals surface area contributed by atoms with E-state index in [9.17, 15) is 4.79 Å². The fourth-order valence-electron chi connectivity index (χ4n) is 3.52. The van der Waals surface area contributed by atoms with Gasteiger partial charge in [0.1, 0.15) is 0 Å². The molecule has 23 heavy (non-hydrogen) atoms. The number of amides is 1. The van der Waals surface area contributed by atoms with E-state index in [0.29, 0.717) is 0 Å². The van der Waals surface area contributed by atoms with Crippen molar-refractivity contribution in [3.8, 4) is 0 Å². The first kappa shape index (κ1) is 18.2. The largest absolute Gasteiger partial charge is 0.348 e. The summed E-state index contributed by atoms with van der Waals surface area (Å²) in [6, 6.07) is 10.5. The predicted molar refractivity (Wildman–Crippen MR) is 95.8 cm³/mol. The number of piperidine rings is 1. The SMILES string of the molecule is Cl.O=C(NC(CN1CCCC1)c1ccccc1)C1CCNCC1. The zero-order valence-corrected chi connectivity index (χ0v) is 14.5. The molecule has 2 aliphatic heterocycles. The Morgan fingerprint density at radius 1 is 1.17 bits per heavy atom. The van der Waals surface area contributed by atoms with Crippen molar-refractivity contribution in [2.75, 3.05) is 32.7 Å². The van der Waals surface area contributed by atoms with E-state index in [1.54, 1.807) is 0 Å². The smallest absolute Gasteiger partial charge is 0.223 e. The van der Waals surface area contributed by atoms with Gasteiger partial charge in [0.15, 0.2) is 0 Å². The van der Waals surface area contributed by atoms with Crippen LogP contribution in [0, 0.1) is 5.92 Å². The first-order valence-electron chi connectivity index (χ1n) is 8.61. The first-order valence-corrected chi connectivity index (χ1v) is 8.61. The third kappa shape index (κ3) is 5.20. The maximum Gasteiger partial charge on any atom is 0.223 e. The summed E-state index contributed by atoms with van der Waals surface area (Å²) in [5, 5.41) is 6.65. The highest BCUT2D eigenvalue weighted by Crippen LogP contribution is 2.20. The fraction of sp³-hybridized carbons (Fsp3) is 0.611. The molecule has 2 fully saturated rings. The molecule has 0 aromatic heterocycles. The monoisotopic (exact) mass is 337 g/mol. The van der Waals surface area contributed by atoms with Crippen molar-refractivity contribution in [1.29, 1.82) is 0 Å². The lowest BCUT2D eigenvalue weighted by atomic mass is 9.96. The zero-order chi connectivity index (χ0) is 15.2. The third-order valence-electron chi connectivity index (χ3n) is 4.87. The van der Waals surface area contributed by atoms with Crippen LogP contribution >= 0.6 is 12.4 Å². The van der Waals surface area contributed by atoms with E-state index >= 15 is 0 Å². The number of carbonyl (C=O) groups is 1. The summed E-state index contributed by atoms with van der Waals surface area (Å²) < 4.78 is 0. The maximum atomic E-state index is 12.6. The highest BCUT2D eigenvalue weighted by Gasteiger charge is 2.25. The van der Waals surface area contributed by atoms with Crippen LogP contribution in [0.3, 0.4) is 0 Å². The number of rotatable bonds is 5. The third-order valence-corrected chi connectivity index (χ3v) is 4.87. The van der Waals surface area contributed by atoms with E-state index in [4.69, 9.17) is 0 Å². The Bertz CT molecular complexity index is 470. The van der Waals surface area contributed by atoms with Gasteiger partial charge in [-0.2, -0.15) is 0 Å². The lowest BCUT2D eigenvalue weighted by molar-refractivity contribution is -0.126. The second-order valence-electron chi connectivity index (χ2n) is 6.50. The Hall–Kier alpha value is -1.10. The summed E-state index contributed by atoms with van der Waals surface area (Å²) in [4.78, 5) is 15.1. The number of nitrogens with one attached hydrogen (secondary N) is 2. The van der Waals surface area contributed by atoms with E-state index in [2.05, 4.69) is 39.8 Å². The lowest BCUT2D eigenvalue weighted by Gasteiger charge is -2.28. The van der Waals surface area contributed by atoms with E-state index < -0.39 is 0 Å². The molecule has 1 aromatic rings. The molecule has 128 valence electrons. The maximum absolute atomic E-state index is 12.6. The summed E-state index contributed by atoms with van der Waals surface area (Å²) >= 11 is 0. The summed E-state index contributed by atoms with van der Waals surface area (Å²) in [5.41, 5.74) is 1.22. The van der Waals surface area contributed by atoms with Crippen LogP contribution in [0.4, 0.5) is 0 Å². The van der Waals surface area contributed by atoms with E-state index in [0.717, 1.165) is 45.6 Å². The first-order chi connectivity index (χ1) is 10.8. The minimum atomic E-state index is 0. The van der Waals surface area contributed by atoms with Gasteiger partial charge >= 0.3 is 0 Å². The molecule has 2 aliphatic rings. The highest BCUT2D eigenvalue weighted by atomic mass is 35.5. The molecule has 0 bridgehead atoms. The summed E-state index contributed by atoms with van der Waals surface area (Å²) in [5.74, 6) is 0.403. The number of benzene rings is 1. The van der Waals surface area contributed by atoms with Crippen LogP contribution in [-0.4, -0.2) is 43.5 Å². The quantitative estimate of drug-likeness (QED) is 0.867. The van der Waals surface area contributed by atoms with Gasteiger partial charge in [0.25, 0.3) is 0 Å². The van der Waals surface area contributed by atoms with Crippen molar-refractivity contribution in [3.05, 3.63) is 35.9 Å². The van der Waals surface area contributed by atoms with Crippen molar-refractivity contribution in [3.63, 3.8) is 0 Å². The molecule has 2 saturated heterocycles. The number of carbonyl (C=O) groups excluding carboxylic acids is 1. The van der Waals surface area contributed by atoms with Crippen molar-refractivity contribution in [1.82, 2.24) is 15.5 Å². The number of hydrogen-bond donors (Lipinski definition) is 2. The standard InChI is InChI=1S/C18H27N3O.ClH/c22-18(16-8-10-19-11-9-16)20-17(14-21-12-4-5-13-21)15-6-2-1-3-7-15;/h1-3,6-7,16-17,19H,4-5,8-14H2,(H,20,22);1H. The molecule has 0 saturated carbocycles. The molecule has 0 aliphatic carbocycles. The minimum absolute atomic E-state index is 0. The number of nitrogens with zero attached hydrogens (tertiary/aromatic N) is 1. The lowest BCUT2D eigenvalue weighted by Crippen LogP contribution is -2.42. The highest BCUT2D eigenvalue weighted by molar-refractivity contribution is 5.85. The van der Waals surface area contributed by atoms with E-state index in [1.165, 1.54) is 18.4 Å². The number of halogens is 1. The molecule has 1 atom stereocenters. The average molecular weight is 338 g/mol. The molecule has 0 radical (unpaired) electrons. The van der Waals surface area contributed by atoms with Crippen LogP contribution in [0.5, 0.6) is 0 Å². The van der Waals surface area contributed by atoms with Crippen LogP contribution in [0.1, 0.15) is 37.3 Å². The number of likely N-dealkylation sites (tertiary alicyclic amines) is 1. The van der Waals surface area contributed by atoms with Gasteiger partial charge in [-0.1, -0.05) is 30.3 Å². The van der Waals surface area contributed by atoms with Gasteiger partial charge in [-0.15, -0.1) is 12.4 Å². The van der Waals surface area contributed by atoms with E-state index in [-0.39, 0.29) is 30.3 Å². The zero-order valence-electron chi connectivity index (χ0n) is 13.7. The Labute approximate surface area is 145 Å². The molecule has 1 aromatic carbocycles. The molecule has 4 nitrogen and oxygen atoms in total. The van der Waals surface area contributed by atoms with Gasteiger partial charge in [-0.05, 0) is 57.4 Å². The normalized spacial score (nSPS) is 20.7. The summed E-state index contributed by atoms with van der Waals surface area (Å²) in [6.07, 6.45) is 4.47. The van der Waals surface area contributed by atoms with Crippen LogP contribution in [0.15, 0.2) is 30.3 Å². The molecule has 3 rings (SSSR count). The minimum Gasteiger partial charge on any atom is -0.348 e. The molecular formula is C18H28ClN3O. The van der Waals surface area contributed by atoms with Gasteiger partial charge in [0, 0.05) is 12.5 Å². The second kappa shape index (κ2) is 9.26. The summed E-state index contributed by atoms with van der Waals surface area (Å²) in [6.45, 7) is 5.17. The van der Waals surface area contributed by atoms with Crippen molar-refractivity contribution >= 4 is 18.3 Å². The molecule has 1 unspecified atom stereocenters. The number of hydrogen-bond acceptors (Lipinski definition) is 3. The Morgan fingerprint density at radius 3 is 2.48 bits per heavy atom. The van der Waals surface area contributed by atoms with Crippen LogP contribution in [0.25, 0.3) is 0 Å². The van der Waals surface area contributed by atoms with Gasteiger partial charge in [-0.25, -0.2) is 0 Å². The fourth-order valence-corrected chi connectivity index (χ4v) is 3.52. The van der Waals surface area contributed by atoms with Gasteiger partial charge in [0.05, 0.1) is 6.04 Å².